The Morgan fingerprint density at radius 3 is 2.74 bits per heavy atom. The minimum absolute atomic E-state index is 0.000834. The van der Waals surface area contributed by atoms with E-state index in [2.05, 4.69) is 26.2 Å². The number of hydrogen-bond donors (Lipinski definition) is 1. The molecule has 4 heterocycles. The molecule has 0 aromatic carbocycles. The second kappa shape index (κ2) is 8.68. The maximum Gasteiger partial charge on any atom is 0.252 e. The number of carbonyl (C=O) groups excluding carboxylic acids is 3. The molecule has 9 heteroatoms. The zero-order valence-electron chi connectivity index (χ0n) is 16.7. The first-order valence-electron chi connectivity index (χ1n) is 9.82. The minimum atomic E-state index is -1.14. The number of hydrogen-bond acceptors (Lipinski definition) is 5. The van der Waals surface area contributed by atoms with Gasteiger partial charge in [-0.3, -0.25) is 14.4 Å². The van der Waals surface area contributed by atoms with E-state index in [1.54, 1.807) is 47.0 Å². The molecule has 2 amide bonds. The number of nitrogens with one attached hydrogen (secondary N) is 1. The van der Waals surface area contributed by atoms with Gasteiger partial charge in [0.2, 0.25) is 5.91 Å². The lowest BCUT2D eigenvalue weighted by Crippen LogP contribution is -2.48. The highest BCUT2D eigenvalue weighted by Crippen LogP contribution is 2.23. The van der Waals surface area contributed by atoms with Crippen LogP contribution in [0.5, 0.6) is 0 Å². The van der Waals surface area contributed by atoms with Gasteiger partial charge in [-0.2, -0.15) is 0 Å². The molecule has 0 unspecified atom stereocenters. The number of Topliss-reactive ketones (excluding diaryl/α,β-unsaturated/α-hetero) is 1. The van der Waals surface area contributed by atoms with Crippen molar-refractivity contribution in [2.75, 3.05) is 11.4 Å². The van der Waals surface area contributed by atoms with Crippen LogP contribution in [0.25, 0.3) is 5.52 Å². The number of aromatic nitrogens is 2. The Labute approximate surface area is 186 Å². The molecule has 1 N–H and O–H groups in total. The first kappa shape index (κ1) is 21.3. The van der Waals surface area contributed by atoms with Crippen molar-refractivity contribution in [1.29, 1.82) is 0 Å². The second-order valence-corrected chi connectivity index (χ2v) is 8.23. The number of anilines is 1. The maximum atomic E-state index is 13.7. The van der Waals surface area contributed by atoms with Gasteiger partial charge < -0.3 is 9.72 Å². The standard InChI is InChI=1S/C22H20BrFN4O3/c1-13(29)16-10-15(27-8-3-2-5-18(16)27)11-21(30)28(20-7-4-6-19(23)26-20)22(31)17-9-14(24)12-25-17/h2-8,10,14,17,25H,9,11-12H2,1H3/t14-,17+/m1/s1. The van der Waals surface area contributed by atoms with Crippen molar-refractivity contribution >= 4 is 44.9 Å². The number of imide groups is 1. The molecule has 3 aromatic heterocycles. The number of pyridine rings is 2. The summed E-state index contributed by atoms with van der Waals surface area (Å²) in [6.45, 7) is 1.53. The third-order valence-corrected chi connectivity index (χ3v) is 5.68. The van der Waals surface area contributed by atoms with Gasteiger partial charge in [0.1, 0.15) is 16.6 Å². The van der Waals surface area contributed by atoms with E-state index in [4.69, 9.17) is 0 Å². The first-order valence-corrected chi connectivity index (χ1v) is 10.6. The molecule has 0 bridgehead atoms. The Morgan fingerprint density at radius 1 is 1.26 bits per heavy atom. The fraction of sp³-hybridized carbons (Fsp3) is 0.273. The van der Waals surface area contributed by atoms with Gasteiger partial charge in [0, 0.05) is 30.4 Å². The minimum Gasteiger partial charge on any atom is -0.320 e. The number of ketones is 1. The van der Waals surface area contributed by atoms with E-state index in [1.165, 1.54) is 6.92 Å². The molecular formula is C22H20BrFN4O3. The van der Waals surface area contributed by atoms with Crippen LogP contribution in [0.3, 0.4) is 0 Å². The van der Waals surface area contributed by atoms with E-state index in [9.17, 15) is 18.8 Å². The average Bonchev–Trinajstić information content (AvgIpc) is 3.32. The fourth-order valence-corrected chi connectivity index (χ4v) is 4.13. The molecule has 0 radical (unpaired) electrons. The molecule has 3 aromatic rings. The molecule has 4 rings (SSSR count). The fourth-order valence-electron chi connectivity index (χ4n) is 3.80. The Bertz CT molecular complexity index is 1180. The summed E-state index contributed by atoms with van der Waals surface area (Å²) in [4.78, 5) is 43.8. The topological polar surface area (TPSA) is 83.8 Å². The highest BCUT2D eigenvalue weighted by molar-refractivity contribution is 9.10. The zero-order chi connectivity index (χ0) is 22.1. The Balaban J connectivity index is 1.71. The van der Waals surface area contributed by atoms with Crippen LogP contribution in [0.4, 0.5) is 10.2 Å². The number of carbonyl (C=O) groups is 3. The van der Waals surface area contributed by atoms with Gasteiger partial charge in [-0.25, -0.2) is 14.3 Å². The summed E-state index contributed by atoms with van der Waals surface area (Å²) in [6, 6.07) is 11.2. The Kier molecular flexibility index (Phi) is 5.97. The molecule has 2 atom stereocenters. The van der Waals surface area contributed by atoms with Crippen molar-refractivity contribution in [3.8, 4) is 0 Å². The summed E-state index contributed by atoms with van der Waals surface area (Å²) in [5.74, 6) is -1.03. The molecule has 31 heavy (non-hydrogen) atoms. The molecule has 0 spiro atoms. The van der Waals surface area contributed by atoms with Gasteiger partial charge in [0.05, 0.1) is 18.0 Å². The van der Waals surface area contributed by atoms with Crippen LogP contribution in [-0.2, 0) is 16.0 Å². The van der Waals surface area contributed by atoms with E-state index in [-0.39, 0.29) is 31.0 Å². The lowest BCUT2D eigenvalue weighted by atomic mass is 10.1. The average molecular weight is 487 g/mol. The quantitative estimate of drug-likeness (QED) is 0.442. The molecule has 1 aliphatic rings. The number of fused-ring (bicyclic) bond motifs is 1. The number of amides is 2. The van der Waals surface area contributed by atoms with Crippen LogP contribution in [0.1, 0.15) is 29.4 Å². The predicted octanol–water partition coefficient (Wildman–Crippen LogP) is 3.10. The van der Waals surface area contributed by atoms with Crippen LogP contribution >= 0.6 is 15.9 Å². The molecule has 0 saturated carbocycles. The van der Waals surface area contributed by atoms with Crippen molar-refractivity contribution < 1.29 is 18.8 Å². The molecular weight excluding hydrogens is 467 g/mol. The monoisotopic (exact) mass is 486 g/mol. The molecule has 0 aliphatic carbocycles. The molecule has 7 nitrogen and oxygen atoms in total. The highest BCUT2D eigenvalue weighted by atomic mass is 79.9. The largest absolute Gasteiger partial charge is 0.320 e. The zero-order valence-corrected chi connectivity index (χ0v) is 18.3. The van der Waals surface area contributed by atoms with E-state index in [0.29, 0.717) is 21.4 Å². The van der Waals surface area contributed by atoms with Gasteiger partial charge in [0.15, 0.2) is 5.78 Å². The lowest BCUT2D eigenvalue weighted by molar-refractivity contribution is -0.127. The van der Waals surface area contributed by atoms with Crippen molar-refractivity contribution in [2.45, 2.75) is 32.0 Å². The Morgan fingerprint density at radius 2 is 2.06 bits per heavy atom. The van der Waals surface area contributed by atoms with Crippen molar-refractivity contribution in [2.24, 2.45) is 0 Å². The van der Waals surface area contributed by atoms with Gasteiger partial charge in [-0.15, -0.1) is 0 Å². The van der Waals surface area contributed by atoms with Crippen LogP contribution in [0, 0.1) is 0 Å². The number of halogens is 2. The van der Waals surface area contributed by atoms with E-state index in [1.807, 2.05) is 6.07 Å². The molecule has 160 valence electrons. The predicted molar refractivity (Wildman–Crippen MR) is 117 cm³/mol. The lowest BCUT2D eigenvalue weighted by Gasteiger charge is -2.23. The third-order valence-electron chi connectivity index (χ3n) is 5.24. The summed E-state index contributed by atoms with van der Waals surface area (Å²) >= 11 is 3.26. The van der Waals surface area contributed by atoms with Crippen LogP contribution in [-0.4, -0.2) is 45.7 Å². The van der Waals surface area contributed by atoms with E-state index >= 15 is 0 Å². The summed E-state index contributed by atoms with van der Waals surface area (Å²) in [5, 5.41) is 2.83. The molecule has 1 saturated heterocycles. The number of alkyl halides is 1. The Hall–Kier alpha value is -2.91. The van der Waals surface area contributed by atoms with Gasteiger partial charge in [-0.1, -0.05) is 12.1 Å². The highest BCUT2D eigenvalue weighted by Gasteiger charge is 2.36. The van der Waals surface area contributed by atoms with Crippen LogP contribution in [0.15, 0.2) is 53.3 Å². The van der Waals surface area contributed by atoms with E-state index in [0.717, 1.165) is 4.90 Å². The van der Waals surface area contributed by atoms with Crippen molar-refractivity contribution in [1.82, 2.24) is 14.7 Å². The second-order valence-electron chi connectivity index (χ2n) is 7.42. The SMILES string of the molecule is CC(=O)c1cc(CC(=O)N(C(=O)[C@@H]2C[C@@H](F)CN2)c2cccc(Br)n2)n2ccccc12. The summed E-state index contributed by atoms with van der Waals surface area (Å²) in [6.07, 6.45) is 0.484. The summed E-state index contributed by atoms with van der Waals surface area (Å²) in [7, 11) is 0. The van der Waals surface area contributed by atoms with Gasteiger partial charge >= 0.3 is 0 Å². The molecule has 1 aliphatic heterocycles. The summed E-state index contributed by atoms with van der Waals surface area (Å²) < 4.78 is 15.9. The summed E-state index contributed by atoms with van der Waals surface area (Å²) in [5.41, 5.74) is 1.76. The van der Waals surface area contributed by atoms with Gasteiger partial charge in [0.25, 0.3) is 5.91 Å². The number of nitrogens with zero attached hydrogens (tertiary/aromatic N) is 3. The van der Waals surface area contributed by atoms with Crippen molar-refractivity contribution in [3.63, 3.8) is 0 Å². The number of rotatable bonds is 5. The smallest absolute Gasteiger partial charge is 0.252 e. The van der Waals surface area contributed by atoms with E-state index < -0.39 is 24.0 Å². The first-order chi connectivity index (χ1) is 14.8. The van der Waals surface area contributed by atoms with Crippen LogP contribution in [0.2, 0.25) is 0 Å². The van der Waals surface area contributed by atoms with Gasteiger partial charge in [-0.05, 0) is 53.2 Å². The van der Waals surface area contributed by atoms with Crippen molar-refractivity contribution in [3.05, 3.63) is 64.5 Å². The normalized spacial score (nSPS) is 18.3. The maximum absolute atomic E-state index is 13.7. The van der Waals surface area contributed by atoms with Crippen LogP contribution < -0.4 is 10.2 Å². The molecule has 1 fully saturated rings. The third kappa shape index (κ3) is 4.28.